The minimum atomic E-state index is -1.68. The third-order valence-corrected chi connectivity index (χ3v) is 3.93. The van der Waals surface area contributed by atoms with Gasteiger partial charge in [0.1, 0.15) is 11.6 Å². The van der Waals surface area contributed by atoms with Crippen LogP contribution in [0.15, 0.2) is 18.2 Å². The fraction of sp³-hybridized carbons (Fsp3) is 0.571. The van der Waals surface area contributed by atoms with Crippen molar-refractivity contribution in [3.63, 3.8) is 0 Å². The first-order chi connectivity index (χ1) is 8.44. The van der Waals surface area contributed by atoms with Crippen molar-refractivity contribution in [2.45, 2.75) is 38.4 Å². The van der Waals surface area contributed by atoms with Crippen molar-refractivity contribution >= 4 is 8.32 Å². The van der Waals surface area contributed by atoms with Gasteiger partial charge in [0.15, 0.2) is 0 Å². The van der Waals surface area contributed by atoms with Crippen molar-refractivity contribution in [1.82, 2.24) is 5.32 Å². The average Bonchev–Trinajstić information content (AvgIpc) is 2.27. The highest BCUT2D eigenvalue weighted by molar-refractivity contribution is 6.70. The van der Waals surface area contributed by atoms with Crippen molar-refractivity contribution in [1.29, 1.82) is 0 Å². The topological polar surface area (TPSA) is 21.3 Å². The van der Waals surface area contributed by atoms with Crippen molar-refractivity contribution in [2.24, 2.45) is 0 Å². The van der Waals surface area contributed by atoms with Crippen LogP contribution < -0.4 is 9.74 Å². The number of nitrogens with one attached hydrogen (secondary N) is 1. The Bertz CT molecular complexity index is 411. The Morgan fingerprint density at radius 3 is 2.67 bits per heavy atom. The second kappa shape index (κ2) is 5.41. The zero-order chi connectivity index (χ0) is 13.2. The zero-order valence-corrected chi connectivity index (χ0v) is 12.4. The van der Waals surface area contributed by atoms with E-state index in [0.717, 1.165) is 31.5 Å². The molecule has 1 aromatic carbocycles. The number of halogens is 1. The Hall–Kier alpha value is -0.873. The molecule has 0 aromatic heterocycles. The fourth-order valence-corrected chi connectivity index (χ4v) is 3.19. The molecule has 1 atom stereocenters. The molecular formula is C14H22FNOSi. The van der Waals surface area contributed by atoms with Gasteiger partial charge in [-0.1, -0.05) is 0 Å². The third-order valence-electron chi connectivity index (χ3n) is 3.09. The molecule has 0 saturated carbocycles. The van der Waals surface area contributed by atoms with Crippen LogP contribution in [-0.4, -0.2) is 21.4 Å². The molecule has 100 valence electrons. The zero-order valence-electron chi connectivity index (χ0n) is 11.4. The first kappa shape index (κ1) is 13.6. The van der Waals surface area contributed by atoms with Gasteiger partial charge in [-0.25, -0.2) is 4.39 Å². The summed E-state index contributed by atoms with van der Waals surface area (Å²) in [5.74, 6) is 0.916. The molecule has 1 aromatic rings. The number of rotatable bonds is 3. The molecule has 1 aliphatic heterocycles. The van der Waals surface area contributed by atoms with E-state index in [2.05, 4.69) is 25.0 Å². The summed E-state index contributed by atoms with van der Waals surface area (Å²) in [6.07, 6.45) is 2.29. The Morgan fingerprint density at radius 2 is 2.06 bits per heavy atom. The Labute approximate surface area is 110 Å². The summed E-state index contributed by atoms with van der Waals surface area (Å²) in [7, 11) is -1.68. The van der Waals surface area contributed by atoms with E-state index in [4.69, 9.17) is 4.43 Å². The molecule has 0 spiro atoms. The van der Waals surface area contributed by atoms with Gasteiger partial charge in [-0.15, -0.1) is 0 Å². The monoisotopic (exact) mass is 267 g/mol. The number of hydrogen-bond acceptors (Lipinski definition) is 2. The molecular weight excluding hydrogens is 245 g/mol. The molecule has 18 heavy (non-hydrogen) atoms. The van der Waals surface area contributed by atoms with E-state index in [-0.39, 0.29) is 5.82 Å². The predicted molar refractivity (Wildman–Crippen MR) is 75.2 cm³/mol. The van der Waals surface area contributed by atoms with Gasteiger partial charge in [-0.05, 0) is 62.6 Å². The molecule has 0 aliphatic carbocycles. The van der Waals surface area contributed by atoms with Gasteiger partial charge < -0.3 is 9.74 Å². The van der Waals surface area contributed by atoms with E-state index in [9.17, 15) is 4.39 Å². The standard InChI is InChI=1S/C14H22FNOSi/c1-18(2,3)17-14-8-12(7-13(15)9-14)11-5-4-6-16-10-11/h7-9,11,16H,4-6,10H2,1-3H3. The van der Waals surface area contributed by atoms with Crippen LogP contribution in [0.25, 0.3) is 0 Å². The Balaban J connectivity index is 2.20. The van der Waals surface area contributed by atoms with Crippen LogP contribution in [-0.2, 0) is 0 Å². The van der Waals surface area contributed by atoms with Gasteiger partial charge in [-0.3, -0.25) is 0 Å². The van der Waals surface area contributed by atoms with E-state index in [1.54, 1.807) is 6.07 Å². The van der Waals surface area contributed by atoms with E-state index in [1.165, 1.54) is 6.07 Å². The summed E-state index contributed by atoms with van der Waals surface area (Å²) in [6.45, 7) is 8.35. The summed E-state index contributed by atoms with van der Waals surface area (Å²) < 4.78 is 19.6. The third kappa shape index (κ3) is 3.82. The van der Waals surface area contributed by atoms with Crippen LogP contribution in [0.2, 0.25) is 19.6 Å². The SMILES string of the molecule is C[Si](C)(C)Oc1cc(F)cc(C2CCCNC2)c1. The molecule has 2 rings (SSSR count). The minimum absolute atomic E-state index is 0.189. The highest BCUT2D eigenvalue weighted by Crippen LogP contribution is 2.28. The van der Waals surface area contributed by atoms with Crippen LogP contribution >= 0.6 is 0 Å². The first-order valence-electron chi connectivity index (χ1n) is 6.64. The molecule has 1 unspecified atom stereocenters. The normalized spacial score (nSPS) is 20.8. The number of piperidine rings is 1. The molecule has 1 N–H and O–H groups in total. The predicted octanol–water partition coefficient (Wildman–Crippen LogP) is 3.51. The van der Waals surface area contributed by atoms with Crippen LogP contribution in [0.3, 0.4) is 0 Å². The smallest absolute Gasteiger partial charge is 0.242 e. The van der Waals surface area contributed by atoms with Gasteiger partial charge in [0.2, 0.25) is 8.32 Å². The van der Waals surface area contributed by atoms with E-state index in [1.807, 2.05) is 6.07 Å². The van der Waals surface area contributed by atoms with Gasteiger partial charge in [0.05, 0.1) is 0 Å². The van der Waals surface area contributed by atoms with Crippen LogP contribution in [0.5, 0.6) is 5.75 Å². The van der Waals surface area contributed by atoms with Crippen LogP contribution in [0, 0.1) is 5.82 Å². The number of benzene rings is 1. The lowest BCUT2D eigenvalue weighted by atomic mass is 9.91. The molecule has 1 fully saturated rings. The minimum Gasteiger partial charge on any atom is -0.544 e. The lowest BCUT2D eigenvalue weighted by Crippen LogP contribution is -2.30. The van der Waals surface area contributed by atoms with E-state index >= 15 is 0 Å². The fourth-order valence-electron chi connectivity index (χ4n) is 2.37. The van der Waals surface area contributed by atoms with Gasteiger partial charge in [-0.2, -0.15) is 0 Å². The molecule has 2 nitrogen and oxygen atoms in total. The Morgan fingerprint density at radius 1 is 1.28 bits per heavy atom. The highest BCUT2D eigenvalue weighted by atomic mass is 28.4. The maximum Gasteiger partial charge on any atom is 0.242 e. The van der Waals surface area contributed by atoms with Gasteiger partial charge in [0, 0.05) is 12.6 Å². The quantitative estimate of drug-likeness (QED) is 0.846. The lowest BCUT2D eigenvalue weighted by molar-refractivity contribution is 0.457. The van der Waals surface area contributed by atoms with Crippen molar-refractivity contribution in [3.05, 3.63) is 29.6 Å². The molecule has 0 amide bonds. The molecule has 1 aliphatic rings. The summed E-state index contributed by atoms with van der Waals surface area (Å²) >= 11 is 0. The second-order valence-corrected chi connectivity index (χ2v) is 10.4. The van der Waals surface area contributed by atoms with Crippen molar-refractivity contribution in [2.75, 3.05) is 13.1 Å². The van der Waals surface area contributed by atoms with Gasteiger partial charge in [0.25, 0.3) is 0 Å². The second-order valence-electron chi connectivity index (χ2n) is 5.98. The molecule has 0 radical (unpaired) electrons. The molecule has 1 saturated heterocycles. The molecule has 0 bridgehead atoms. The van der Waals surface area contributed by atoms with Crippen molar-refractivity contribution in [3.8, 4) is 5.75 Å². The Kier molecular flexibility index (Phi) is 4.07. The van der Waals surface area contributed by atoms with Gasteiger partial charge >= 0.3 is 0 Å². The maximum atomic E-state index is 13.7. The van der Waals surface area contributed by atoms with Crippen LogP contribution in [0.4, 0.5) is 4.39 Å². The summed E-state index contributed by atoms with van der Waals surface area (Å²) in [6, 6.07) is 5.16. The summed E-state index contributed by atoms with van der Waals surface area (Å²) in [4.78, 5) is 0. The largest absolute Gasteiger partial charge is 0.544 e. The van der Waals surface area contributed by atoms with E-state index in [0.29, 0.717) is 11.7 Å². The van der Waals surface area contributed by atoms with Crippen molar-refractivity contribution < 1.29 is 8.82 Å². The first-order valence-corrected chi connectivity index (χ1v) is 10.0. The van der Waals surface area contributed by atoms with Crippen LogP contribution in [0.1, 0.15) is 24.3 Å². The average molecular weight is 267 g/mol. The lowest BCUT2D eigenvalue weighted by Gasteiger charge is -2.25. The summed E-state index contributed by atoms with van der Waals surface area (Å²) in [5, 5.41) is 3.37. The summed E-state index contributed by atoms with van der Waals surface area (Å²) in [5.41, 5.74) is 1.07. The van der Waals surface area contributed by atoms with E-state index < -0.39 is 8.32 Å². The molecule has 4 heteroatoms. The molecule has 1 heterocycles. The number of hydrogen-bond donors (Lipinski definition) is 1. The highest BCUT2D eigenvalue weighted by Gasteiger charge is 2.20. The maximum absolute atomic E-state index is 13.7.